The van der Waals surface area contributed by atoms with E-state index in [0.29, 0.717) is 19.3 Å². The smallest absolute Gasteiger partial charge is 0.306 e. The molecule has 0 aliphatic carbocycles. The van der Waals surface area contributed by atoms with Gasteiger partial charge >= 0.3 is 17.9 Å². The van der Waals surface area contributed by atoms with Gasteiger partial charge in [-0.25, -0.2) is 0 Å². The molecule has 82 heavy (non-hydrogen) atoms. The van der Waals surface area contributed by atoms with Gasteiger partial charge in [0, 0.05) is 19.3 Å². The molecule has 0 radical (unpaired) electrons. The highest BCUT2D eigenvalue weighted by molar-refractivity contribution is 5.71. The van der Waals surface area contributed by atoms with Crippen molar-refractivity contribution < 1.29 is 28.6 Å². The van der Waals surface area contributed by atoms with Crippen LogP contribution in [0.2, 0.25) is 0 Å². The fourth-order valence-electron chi connectivity index (χ4n) is 9.53. The van der Waals surface area contributed by atoms with E-state index in [2.05, 4.69) is 136 Å². The molecule has 0 heterocycles. The summed E-state index contributed by atoms with van der Waals surface area (Å²) in [7, 11) is 0. The predicted molar refractivity (Wildman–Crippen MR) is 357 cm³/mol. The third-order valence-electron chi connectivity index (χ3n) is 14.7. The highest BCUT2D eigenvalue weighted by atomic mass is 16.6. The Morgan fingerprint density at radius 2 is 0.500 bits per heavy atom. The van der Waals surface area contributed by atoms with Crippen LogP contribution in [0.3, 0.4) is 0 Å². The largest absolute Gasteiger partial charge is 0.462 e. The summed E-state index contributed by atoms with van der Waals surface area (Å²) >= 11 is 0. The molecule has 0 aliphatic rings. The number of esters is 3. The van der Waals surface area contributed by atoms with E-state index in [0.717, 1.165) is 103 Å². The highest BCUT2D eigenvalue weighted by Crippen LogP contribution is 2.16. The lowest BCUT2D eigenvalue weighted by Crippen LogP contribution is -2.30. The Kier molecular flexibility index (Phi) is 65.8. The van der Waals surface area contributed by atoms with Gasteiger partial charge in [-0.2, -0.15) is 0 Å². The topological polar surface area (TPSA) is 78.9 Å². The number of ether oxygens (including phenoxy) is 3. The number of hydrogen-bond donors (Lipinski definition) is 0. The van der Waals surface area contributed by atoms with Crippen LogP contribution < -0.4 is 0 Å². The van der Waals surface area contributed by atoms with Gasteiger partial charge in [0.2, 0.25) is 0 Å². The summed E-state index contributed by atoms with van der Waals surface area (Å²) in [5, 5.41) is 0. The van der Waals surface area contributed by atoms with Gasteiger partial charge in [-0.15, -0.1) is 0 Å². The molecular weight excluding hydrogens is 1010 g/mol. The van der Waals surface area contributed by atoms with Crippen LogP contribution >= 0.6 is 0 Å². The second-order valence-corrected chi connectivity index (χ2v) is 22.7. The summed E-state index contributed by atoms with van der Waals surface area (Å²) in [4.78, 5) is 38.4. The fraction of sp³-hybridized carbons (Fsp3) is 0.697. The maximum absolute atomic E-state index is 12.9. The fourth-order valence-corrected chi connectivity index (χ4v) is 9.53. The summed E-state index contributed by atoms with van der Waals surface area (Å²) in [5.41, 5.74) is 0. The summed E-state index contributed by atoms with van der Waals surface area (Å²) in [6, 6.07) is 0. The van der Waals surface area contributed by atoms with E-state index in [9.17, 15) is 14.4 Å². The lowest BCUT2D eigenvalue weighted by atomic mass is 10.0. The quantitative estimate of drug-likeness (QED) is 0.0261. The summed E-state index contributed by atoms with van der Waals surface area (Å²) in [5.74, 6) is -0.998. The minimum absolute atomic E-state index is 0.112. The molecule has 0 rings (SSSR count). The SMILES string of the molecule is CC/C=C\C/C=C\C/C=C\C/C=C\C/C=C\C/C=C\CCC(=O)OC(COC(=O)CCCCCCC/C=C\CCCCCCCCC)COC(=O)CCCCCCCCCCCCCCCC/C=C\C/C=C\C/C=C\CCCCCCC. The molecule has 6 nitrogen and oxygen atoms in total. The Labute approximate surface area is 507 Å². The molecule has 1 atom stereocenters. The van der Waals surface area contributed by atoms with Crippen molar-refractivity contribution in [3.63, 3.8) is 0 Å². The first-order chi connectivity index (χ1) is 40.5. The second kappa shape index (κ2) is 69.3. The Hall–Kier alpha value is -4.19. The first-order valence-corrected chi connectivity index (χ1v) is 34.5. The Morgan fingerprint density at radius 1 is 0.256 bits per heavy atom. The van der Waals surface area contributed by atoms with E-state index in [1.54, 1.807) is 0 Å². The maximum Gasteiger partial charge on any atom is 0.306 e. The number of unbranched alkanes of at least 4 members (excludes halogenated alkanes) is 31. The average Bonchev–Trinajstić information content (AvgIpc) is 3.47. The minimum Gasteiger partial charge on any atom is -0.462 e. The molecule has 0 saturated carbocycles. The normalized spacial score (nSPS) is 12.9. The first-order valence-electron chi connectivity index (χ1n) is 34.5. The number of carbonyl (C=O) groups is 3. The van der Waals surface area contributed by atoms with Crippen LogP contribution in [-0.2, 0) is 28.6 Å². The molecule has 1 unspecified atom stereocenters. The van der Waals surface area contributed by atoms with Crippen LogP contribution in [0.5, 0.6) is 0 Å². The maximum atomic E-state index is 12.9. The van der Waals surface area contributed by atoms with Gasteiger partial charge in [-0.3, -0.25) is 14.4 Å². The Balaban J connectivity index is 4.39. The molecule has 0 aromatic carbocycles. The highest BCUT2D eigenvalue weighted by Gasteiger charge is 2.19. The lowest BCUT2D eigenvalue weighted by molar-refractivity contribution is -0.166. The van der Waals surface area contributed by atoms with E-state index in [-0.39, 0.29) is 31.6 Å². The van der Waals surface area contributed by atoms with Gasteiger partial charge in [0.15, 0.2) is 6.10 Å². The van der Waals surface area contributed by atoms with E-state index in [1.165, 1.54) is 173 Å². The molecule has 6 heteroatoms. The zero-order chi connectivity index (χ0) is 59.2. The molecule has 0 bridgehead atoms. The van der Waals surface area contributed by atoms with Gasteiger partial charge in [0.05, 0.1) is 0 Å². The zero-order valence-corrected chi connectivity index (χ0v) is 53.7. The number of rotatable bonds is 62. The van der Waals surface area contributed by atoms with Crippen molar-refractivity contribution in [2.24, 2.45) is 0 Å². The van der Waals surface area contributed by atoms with Crippen molar-refractivity contribution in [2.75, 3.05) is 13.2 Å². The van der Waals surface area contributed by atoms with E-state index < -0.39 is 12.1 Å². The van der Waals surface area contributed by atoms with Crippen LogP contribution in [0, 0.1) is 0 Å². The van der Waals surface area contributed by atoms with Gasteiger partial charge in [0.25, 0.3) is 0 Å². The van der Waals surface area contributed by atoms with Crippen LogP contribution in [0.1, 0.15) is 323 Å². The Bertz CT molecular complexity index is 1690. The van der Waals surface area contributed by atoms with E-state index in [4.69, 9.17) is 14.2 Å². The van der Waals surface area contributed by atoms with E-state index in [1.807, 2.05) is 6.08 Å². The molecule has 0 amide bonds. The van der Waals surface area contributed by atoms with Crippen molar-refractivity contribution in [1.82, 2.24) is 0 Å². The third kappa shape index (κ3) is 66.6. The predicted octanol–water partition coefficient (Wildman–Crippen LogP) is 23.9. The number of allylic oxidation sites excluding steroid dienone is 20. The van der Waals surface area contributed by atoms with Crippen LogP contribution in [0.25, 0.3) is 0 Å². The monoisotopic (exact) mass is 1140 g/mol. The summed E-state index contributed by atoms with van der Waals surface area (Å²) in [6.45, 7) is 6.47. The molecule has 0 saturated heterocycles. The Morgan fingerprint density at radius 3 is 0.805 bits per heavy atom. The first kappa shape index (κ1) is 77.8. The third-order valence-corrected chi connectivity index (χ3v) is 14.7. The van der Waals surface area contributed by atoms with Gasteiger partial charge in [-0.05, 0) is 122 Å². The molecule has 0 N–H and O–H groups in total. The zero-order valence-electron chi connectivity index (χ0n) is 53.7. The van der Waals surface area contributed by atoms with Crippen LogP contribution in [0.4, 0.5) is 0 Å². The van der Waals surface area contributed by atoms with E-state index >= 15 is 0 Å². The van der Waals surface area contributed by atoms with Crippen molar-refractivity contribution in [3.8, 4) is 0 Å². The van der Waals surface area contributed by atoms with Gasteiger partial charge in [0.1, 0.15) is 13.2 Å². The summed E-state index contributed by atoms with van der Waals surface area (Å²) in [6.07, 6.45) is 96.6. The van der Waals surface area contributed by atoms with Crippen molar-refractivity contribution in [1.29, 1.82) is 0 Å². The molecule has 0 aromatic heterocycles. The molecule has 0 aromatic rings. The average molecular weight is 1140 g/mol. The molecule has 0 fully saturated rings. The molecule has 468 valence electrons. The lowest BCUT2D eigenvalue weighted by Gasteiger charge is -2.18. The second-order valence-electron chi connectivity index (χ2n) is 22.7. The molecule has 0 aliphatic heterocycles. The van der Waals surface area contributed by atoms with Crippen LogP contribution in [-0.4, -0.2) is 37.2 Å². The van der Waals surface area contributed by atoms with Crippen molar-refractivity contribution in [3.05, 3.63) is 122 Å². The summed E-state index contributed by atoms with van der Waals surface area (Å²) < 4.78 is 16.9. The van der Waals surface area contributed by atoms with Crippen molar-refractivity contribution in [2.45, 2.75) is 329 Å². The number of carbonyl (C=O) groups excluding carboxylic acids is 3. The standard InChI is InChI=1S/C76H128O6/c1-4-7-10-13-16-19-22-25-28-31-33-34-35-36-37-38-39-40-41-42-44-45-48-51-54-57-60-63-66-69-75(78)81-72-73(71-80-74(77)68-65-62-59-56-53-50-47-30-27-24-21-18-15-12-9-6-3)82-76(79)70-67-64-61-58-55-52-49-46-43-32-29-26-23-20-17-14-11-8-5-2/h8,11,17,20,22,25-26,29-31,33,35-36,43,46-47,52,55,61,64,73H,4-7,9-10,12-16,18-19,21,23-24,27-28,32,34,37-42,44-45,48-51,53-54,56-60,62-63,65-72H2,1-3H3/b11-8-,20-17-,25-22-,29-26-,33-31-,36-35-,46-43-,47-30-,55-52-,64-61-. The van der Waals surface area contributed by atoms with Gasteiger partial charge < -0.3 is 14.2 Å². The number of hydrogen-bond acceptors (Lipinski definition) is 6. The molecular formula is C76H128O6. The minimum atomic E-state index is -0.826. The van der Waals surface area contributed by atoms with Crippen LogP contribution in [0.15, 0.2) is 122 Å². The molecule has 0 spiro atoms. The van der Waals surface area contributed by atoms with Gasteiger partial charge in [-0.1, -0.05) is 303 Å². The van der Waals surface area contributed by atoms with Crippen molar-refractivity contribution >= 4 is 17.9 Å².